The number of nitrogens with two attached hydrogens (primary N) is 1. The van der Waals surface area contributed by atoms with Gasteiger partial charge in [-0.15, -0.1) is 10.2 Å². The number of Topliss-reactive ketones (excluding diaryl/α,β-unsaturated/α-hetero) is 1. The molecule has 1 aliphatic rings. The van der Waals surface area contributed by atoms with Crippen LogP contribution in [-0.4, -0.2) is 38.0 Å². The summed E-state index contributed by atoms with van der Waals surface area (Å²) in [6.45, 7) is 5.03. The van der Waals surface area contributed by atoms with Crippen molar-refractivity contribution in [2.45, 2.75) is 61.2 Å². The van der Waals surface area contributed by atoms with Gasteiger partial charge >= 0.3 is 0 Å². The number of thioether (sulfide) groups is 2. The molecule has 0 spiro atoms. The quantitative estimate of drug-likeness (QED) is 0.328. The van der Waals surface area contributed by atoms with Gasteiger partial charge in [0, 0.05) is 23.5 Å². The largest absolute Gasteiger partial charge is 0.369 e. The van der Waals surface area contributed by atoms with Crippen molar-refractivity contribution in [2.75, 3.05) is 11.5 Å². The number of aromatic nitrogens is 3. The smallest absolute Gasteiger partial charge is 0.227 e. The molecule has 2 aromatic rings. The minimum Gasteiger partial charge on any atom is -0.369 e. The third kappa shape index (κ3) is 6.20. The zero-order valence-corrected chi connectivity index (χ0v) is 19.2. The summed E-state index contributed by atoms with van der Waals surface area (Å²) in [6.07, 6.45) is 8.47. The van der Waals surface area contributed by atoms with Gasteiger partial charge in [0.05, 0.1) is 11.5 Å². The fraction of sp³-hybridized carbons (Fsp3) is 0.500. The molecule has 1 amide bonds. The van der Waals surface area contributed by atoms with Gasteiger partial charge in [0.15, 0.2) is 14.5 Å². The Morgan fingerprint density at radius 2 is 1.90 bits per heavy atom. The monoisotopic (exact) mass is 450 g/mol. The van der Waals surface area contributed by atoms with Gasteiger partial charge in [-0.25, -0.2) is 0 Å². The predicted molar refractivity (Wildman–Crippen MR) is 120 cm³/mol. The first-order valence-corrected chi connectivity index (χ1v) is 12.5. The third-order valence-electron chi connectivity index (χ3n) is 4.97. The van der Waals surface area contributed by atoms with E-state index in [1.165, 1.54) is 60.5 Å². The lowest BCUT2D eigenvalue weighted by Crippen LogP contribution is -2.12. The highest BCUT2D eigenvalue weighted by atomic mass is 32.2. The molecule has 29 heavy (non-hydrogen) atoms. The van der Waals surface area contributed by atoms with Gasteiger partial charge in [-0.1, -0.05) is 46.5 Å². The molecule has 2 aromatic heterocycles. The van der Waals surface area contributed by atoms with Gasteiger partial charge < -0.3 is 10.3 Å². The Hall–Kier alpha value is -1.58. The molecule has 6 nitrogen and oxygen atoms in total. The number of hydrogen-bond acceptors (Lipinski definition) is 7. The highest BCUT2D eigenvalue weighted by molar-refractivity contribution is 8.03. The average Bonchev–Trinajstić information content (AvgIpc) is 3.28. The number of aryl methyl sites for hydroxylation is 1. The van der Waals surface area contributed by atoms with Crippen molar-refractivity contribution in [1.82, 2.24) is 14.8 Å². The number of rotatable bonds is 10. The third-order valence-corrected chi connectivity index (χ3v) is 8.18. The zero-order chi connectivity index (χ0) is 20.8. The fourth-order valence-electron chi connectivity index (χ4n) is 3.47. The molecule has 2 heterocycles. The normalized spacial score (nSPS) is 14.1. The zero-order valence-electron chi connectivity index (χ0n) is 16.8. The number of amides is 1. The van der Waals surface area contributed by atoms with Crippen LogP contribution in [0.2, 0.25) is 0 Å². The van der Waals surface area contributed by atoms with Crippen molar-refractivity contribution in [3.63, 3.8) is 0 Å². The molecule has 0 saturated heterocycles. The number of nitrogens with zero attached hydrogens (tertiary/aromatic N) is 3. The standard InChI is InChI=1S/C20H26N4O2S3/c1-13-10-16(14(2)24(13)9-8-15-6-4-3-5-7-15)17(25)11-27-19-22-23-20(29-19)28-12-18(21)26/h6,10H,3-5,7-9,11-12H2,1-2H3,(H2,21,26). The van der Waals surface area contributed by atoms with E-state index in [2.05, 4.69) is 27.8 Å². The summed E-state index contributed by atoms with van der Waals surface area (Å²) in [5.41, 5.74) is 9.66. The van der Waals surface area contributed by atoms with Gasteiger partial charge in [0.25, 0.3) is 0 Å². The van der Waals surface area contributed by atoms with Crippen LogP contribution in [0.1, 0.15) is 53.8 Å². The van der Waals surface area contributed by atoms with E-state index in [9.17, 15) is 9.59 Å². The highest BCUT2D eigenvalue weighted by Gasteiger charge is 2.17. The van der Waals surface area contributed by atoms with Crippen LogP contribution in [0.25, 0.3) is 0 Å². The first-order valence-electron chi connectivity index (χ1n) is 9.69. The molecule has 0 atom stereocenters. The van der Waals surface area contributed by atoms with E-state index in [4.69, 9.17) is 5.73 Å². The number of allylic oxidation sites excluding steroid dienone is 2. The number of carbonyl (C=O) groups is 2. The first-order chi connectivity index (χ1) is 13.9. The van der Waals surface area contributed by atoms with Crippen LogP contribution in [-0.2, 0) is 11.3 Å². The summed E-state index contributed by atoms with van der Waals surface area (Å²) < 4.78 is 3.67. The Kier molecular flexibility index (Phi) is 7.97. The lowest BCUT2D eigenvalue weighted by molar-refractivity contribution is -0.115. The molecular weight excluding hydrogens is 424 g/mol. The van der Waals surface area contributed by atoms with E-state index in [0.717, 1.165) is 34.3 Å². The topological polar surface area (TPSA) is 90.9 Å². The van der Waals surface area contributed by atoms with Gasteiger partial charge in [0.1, 0.15) is 0 Å². The summed E-state index contributed by atoms with van der Waals surface area (Å²) in [4.78, 5) is 23.6. The lowest BCUT2D eigenvalue weighted by atomic mass is 9.97. The summed E-state index contributed by atoms with van der Waals surface area (Å²) in [6, 6.07) is 2.00. The van der Waals surface area contributed by atoms with Gasteiger partial charge in [-0.2, -0.15) is 0 Å². The van der Waals surface area contributed by atoms with Crippen molar-refractivity contribution in [3.05, 3.63) is 34.7 Å². The van der Waals surface area contributed by atoms with Crippen molar-refractivity contribution in [3.8, 4) is 0 Å². The van der Waals surface area contributed by atoms with Crippen molar-refractivity contribution < 1.29 is 9.59 Å². The highest BCUT2D eigenvalue weighted by Crippen LogP contribution is 2.30. The molecule has 1 aliphatic carbocycles. The van der Waals surface area contributed by atoms with Crippen molar-refractivity contribution in [1.29, 1.82) is 0 Å². The molecule has 2 N–H and O–H groups in total. The molecule has 0 aliphatic heterocycles. The second-order valence-electron chi connectivity index (χ2n) is 7.10. The fourth-order valence-corrected chi connectivity index (χ4v) is 6.11. The van der Waals surface area contributed by atoms with Crippen LogP contribution in [0.4, 0.5) is 0 Å². The van der Waals surface area contributed by atoms with E-state index >= 15 is 0 Å². The molecule has 0 fully saturated rings. The Morgan fingerprint density at radius 1 is 1.17 bits per heavy atom. The second-order valence-corrected chi connectivity index (χ2v) is 10.5. The Bertz CT molecular complexity index is 917. The van der Waals surface area contributed by atoms with Crippen LogP contribution in [0, 0.1) is 13.8 Å². The molecule has 156 valence electrons. The van der Waals surface area contributed by atoms with Gasteiger partial charge in [0.2, 0.25) is 5.91 Å². The first kappa shape index (κ1) is 22.1. The lowest BCUT2D eigenvalue weighted by Gasteiger charge is -2.15. The number of carbonyl (C=O) groups excluding carboxylic acids is 2. The minimum absolute atomic E-state index is 0.104. The predicted octanol–water partition coefficient (Wildman–Crippen LogP) is 4.40. The Labute approximate surface area is 183 Å². The van der Waals surface area contributed by atoms with Gasteiger partial charge in [-0.05, 0) is 52.0 Å². The van der Waals surface area contributed by atoms with Crippen LogP contribution in [0.3, 0.4) is 0 Å². The molecular formula is C20H26N4O2S3. The van der Waals surface area contributed by atoms with Crippen LogP contribution < -0.4 is 5.73 Å². The molecule has 0 aromatic carbocycles. The minimum atomic E-state index is -0.385. The van der Waals surface area contributed by atoms with E-state index in [1.807, 2.05) is 13.0 Å². The molecule has 9 heteroatoms. The summed E-state index contributed by atoms with van der Waals surface area (Å²) in [5.74, 6) is 0.226. The summed E-state index contributed by atoms with van der Waals surface area (Å²) >= 11 is 4.04. The molecule has 0 radical (unpaired) electrons. The van der Waals surface area contributed by atoms with Gasteiger partial charge in [-0.3, -0.25) is 9.59 Å². The van der Waals surface area contributed by atoms with E-state index in [-0.39, 0.29) is 17.4 Å². The number of ketones is 1. The van der Waals surface area contributed by atoms with Crippen LogP contribution in [0.5, 0.6) is 0 Å². The van der Waals surface area contributed by atoms with Crippen LogP contribution in [0.15, 0.2) is 26.4 Å². The summed E-state index contributed by atoms with van der Waals surface area (Å²) in [7, 11) is 0. The maximum Gasteiger partial charge on any atom is 0.227 e. The maximum absolute atomic E-state index is 12.8. The maximum atomic E-state index is 12.8. The van der Waals surface area contributed by atoms with E-state index < -0.39 is 0 Å². The van der Waals surface area contributed by atoms with Crippen molar-refractivity contribution in [2.24, 2.45) is 5.73 Å². The second kappa shape index (κ2) is 10.4. The molecule has 3 rings (SSSR count). The molecule has 0 unspecified atom stereocenters. The number of hydrogen-bond donors (Lipinski definition) is 1. The molecule has 0 saturated carbocycles. The van der Waals surface area contributed by atoms with E-state index in [0.29, 0.717) is 10.1 Å². The molecule has 0 bridgehead atoms. The summed E-state index contributed by atoms with van der Waals surface area (Å²) in [5, 5.41) is 8.11. The van der Waals surface area contributed by atoms with E-state index in [1.54, 1.807) is 5.57 Å². The number of primary amides is 1. The SMILES string of the molecule is Cc1cc(C(=O)CSc2nnc(SCC(N)=O)s2)c(C)n1CCC1=CCCCC1. The van der Waals surface area contributed by atoms with Crippen LogP contribution >= 0.6 is 34.9 Å². The van der Waals surface area contributed by atoms with Crippen molar-refractivity contribution >= 4 is 46.6 Å². The average molecular weight is 451 g/mol. The Balaban J connectivity index is 1.56. The Morgan fingerprint density at radius 3 is 2.55 bits per heavy atom.